The number of benzene rings is 1. The van der Waals surface area contributed by atoms with Crippen molar-refractivity contribution in [2.75, 3.05) is 4.90 Å². The summed E-state index contributed by atoms with van der Waals surface area (Å²) in [5.41, 5.74) is 3.60. The van der Waals surface area contributed by atoms with E-state index in [1.807, 2.05) is 0 Å². The first-order valence-electron chi connectivity index (χ1n) is 6.07. The highest BCUT2D eigenvalue weighted by atomic mass is 35.5. The molecule has 0 aliphatic carbocycles. The van der Waals surface area contributed by atoms with Crippen LogP contribution in [0.25, 0.3) is 0 Å². The molecular formula is C13H14ClN3S. The van der Waals surface area contributed by atoms with Crippen molar-refractivity contribution in [2.45, 2.75) is 32.4 Å². The third-order valence-corrected chi connectivity index (χ3v) is 4.48. The Hall–Kier alpha value is -1.13. The van der Waals surface area contributed by atoms with Crippen molar-refractivity contribution < 1.29 is 0 Å². The second kappa shape index (κ2) is 4.86. The van der Waals surface area contributed by atoms with Crippen LogP contribution in [0.2, 0.25) is 4.34 Å². The van der Waals surface area contributed by atoms with E-state index in [0.29, 0.717) is 10.4 Å². The summed E-state index contributed by atoms with van der Waals surface area (Å²) in [6, 6.07) is 9.08. The van der Waals surface area contributed by atoms with E-state index in [-0.39, 0.29) is 0 Å². The smallest absolute Gasteiger partial charge is 0.139 e. The van der Waals surface area contributed by atoms with Crippen LogP contribution >= 0.6 is 23.1 Å². The Balaban J connectivity index is 1.93. The molecule has 5 heteroatoms. The molecule has 18 heavy (non-hydrogen) atoms. The van der Waals surface area contributed by atoms with Crippen LogP contribution < -0.4 is 4.90 Å². The fraction of sp³-hybridized carbons (Fsp3) is 0.385. The summed E-state index contributed by atoms with van der Waals surface area (Å²) >= 11 is 7.35. The van der Waals surface area contributed by atoms with E-state index in [1.54, 1.807) is 0 Å². The van der Waals surface area contributed by atoms with Crippen LogP contribution in [0.1, 0.15) is 24.6 Å². The van der Waals surface area contributed by atoms with Gasteiger partial charge in [0.25, 0.3) is 0 Å². The van der Waals surface area contributed by atoms with Crippen LogP contribution in [0.3, 0.4) is 0 Å². The number of nitrogens with zero attached hydrogens (tertiary/aromatic N) is 3. The number of anilines is 1. The van der Waals surface area contributed by atoms with Gasteiger partial charge in [-0.15, -0.1) is 5.10 Å². The number of rotatable bonds is 2. The average Bonchev–Trinajstić information content (AvgIpc) is 2.79. The highest BCUT2D eigenvalue weighted by molar-refractivity contribution is 7.10. The summed E-state index contributed by atoms with van der Waals surface area (Å²) in [4.78, 5) is 2.38. The molecule has 1 aliphatic rings. The minimum Gasteiger partial charge on any atom is -0.363 e. The maximum absolute atomic E-state index is 6.10. The first-order valence-corrected chi connectivity index (χ1v) is 7.22. The summed E-state index contributed by atoms with van der Waals surface area (Å²) in [6.07, 6.45) is 2.32. The zero-order chi connectivity index (χ0) is 12.5. The van der Waals surface area contributed by atoms with E-state index >= 15 is 0 Å². The number of fused-ring (bicyclic) bond motifs is 1. The molecule has 0 radical (unpaired) electrons. The van der Waals surface area contributed by atoms with Gasteiger partial charge in [-0.3, -0.25) is 0 Å². The number of hydrogen-bond donors (Lipinski definition) is 0. The SMILES string of the molecule is CC1CCc2ccccc2N1Cc1nnsc1Cl. The van der Waals surface area contributed by atoms with Gasteiger partial charge in [0, 0.05) is 23.3 Å². The van der Waals surface area contributed by atoms with E-state index in [0.717, 1.165) is 18.7 Å². The van der Waals surface area contributed by atoms with E-state index in [9.17, 15) is 0 Å². The third-order valence-electron chi connectivity index (χ3n) is 3.49. The maximum atomic E-state index is 6.10. The Morgan fingerprint density at radius 1 is 1.44 bits per heavy atom. The zero-order valence-electron chi connectivity index (χ0n) is 10.1. The second-order valence-electron chi connectivity index (χ2n) is 4.64. The molecule has 0 saturated heterocycles. The average molecular weight is 280 g/mol. The lowest BCUT2D eigenvalue weighted by Gasteiger charge is -2.36. The molecule has 2 heterocycles. The molecule has 0 N–H and O–H groups in total. The lowest BCUT2D eigenvalue weighted by Crippen LogP contribution is -2.36. The quantitative estimate of drug-likeness (QED) is 0.842. The fourth-order valence-corrected chi connectivity index (χ4v) is 3.07. The molecule has 0 bridgehead atoms. The van der Waals surface area contributed by atoms with Crippen LogP contribution in [0, 0.1) is 0 Å². The Morgan fingerprint density at radius 2 is 2.28 bits per heavy atom. The number of para-hydroxylation sites is 1. The lowest BCUT2D eigenvalue weighted by molar-refractivity contribution is 0.556. The minimum absolute atomic E-state index is 0.512. The normalized spacial score (nSPS) is 18.8. The van der Waals surface area contributed by atoms with Crippen molar-refractivity contribution in [3.8, 4) is 0 Å². The molecule has 2 aromatic rings. The molecule has 3 nitrogen and oxygen atoms in total. The van der Waals surface area contributed by atoms with Gasteiger partial charge in [0.15, 0.2) is 0 Å². The fourth-order valence-electron chi connectivity index (χ4n) is 2.45. The van der Waals surface area contributed by atoms with E-state index < -0.39 is 0 Å². The molecule has 1 aliphatic heterocycles. The van der Waals surface area contributed by atoms with Gasteiger partial charge < -0.3 is 4.90 Å². The zero-order valence-corrected chi connectivity index (χ0v) is 11.7. The standard InChI is InChI=1S/C13H14ClN3S/c1-9-6-7-10-4-2-3-5-12(10)17(9)8-11-13(14)18-16-15-11/h2-5,9H,6-8H2,1H3. The summed E-state index contributed by atoms with van der Waals surface area (Å²) in [5.74, 6) is 0. The molecule has 1 aromatic carbocycles. The monoisotopic (exact) mass is 279 g/mol. The van der Waals surface area contributed by atoms with Gasteiger partial charge in [0.2, 0.25) is 0 Å². The molecule has 1 atom stereocenters. The summed E-state index contributed by atoms with van der Waals surface area (Å²) in [6.45, 7) is 3.00. The number of hydrogen-bond acceptors (Lipinski definition) is 4. The lowest BCUT2D eigenvalue weighted by atomic mass is 9.96. The third kappa shape index (κ3) is 2.10. The molecule has 1 unspecified atom stereocenters. The van der Waals surface area contributed by atoms with Gasteiger partial charge >= 0.3 is 0 Å². The molecule has 0 spiro atoms. The van der Waals surface area contributed by atoms with Crippen molar-refractivity contribution in [3.63, 3.8) is 0 Å². The van der Waals surface area contributed by atoms with Crippen molar-refractivity contribution >= 4 is 28.8 Å². The van der Waals surface area contributed by atoms with Crippen LogP contribution in [-0.4, -0.2) is 15.6 Å². The first kappa shape index (κ1) is 11.9. The second-order valence-corrected chi connectivity index (χ2v) is 5.99. The maximum Gasteiger partial charge on any atom is 0.139 e. The van der Waals surface area contributed by atoms with Gasteiger partial charge in [-0.25, -0.2) is 0 Å². The van der Waals surface area contributed by atoms with Crippen molar-refractivity contribution in [3.05, 3.63) is 39.9 Å². The van der Waals surface area contributed by atoms with E-state index in [4.69, 9.17) is 11.6 Å². The van der Waals surface area contributed by atoms with Crippen molar-refractivity contribution in [2.24, 2.45) is 0 Å². The van der Waals surface area contributed by atoms with Crippen molar-refractivity contribution in [1.82, 2.24) is 9.59 Å². The van der Waals surface area contributed by atoms with Crippen molar-refractivity contribution in [1.29, 1.82) is 0 Å². The molecule has 0 fully saturated rings. The van der Waals surface area contributed by atoms with Crippen LogP contribution in [0.4, 0.5) is 5.69 Å². The summed E-state index contributed by atoms with van der Waals surface area (Å²) in [7, 11) is 0. The number of aryl methyl sites for hydroxylation is 1. The van der Waals surface area contributed by atoms with E-state index in [1.165, 1.54) is 29.2 Å². The number of halogens is 1. The van der Waals surface area contributed by atoms with E-state index in [2.05, 4.69) is 45.7 Å². The molecule has 1 aromatic heterocycles. The van der Waals surface area contributed by atoms with Gasteiger partial charge in [0.05, 0.1) is 6.54 Å². The topological polar surface area (TPSA) is 29.0 Å². The minimum atomic E-state index is 0.512. The molecule has 94 valence electrons. The van der Waals surface area contributed by atoms with Crippen LogP contribution in [0.5, 0.6) is 0 Å². The first-order chi connectivity index (χ1) is 8.75. The highest BCUT2D eigenvalue weighted by Crippen LogP contribution is 2.32. The Kier molecular flexibility index (Phi) is 3.22. The summed E-state index contributed by atoms with van der Waals surface area (Å²) in [5, 5.41) is 4.11. The van der Waals surface area contributed by atoms with Crippen LogP contribution in [0.15, 0.2) is 24.3 Å². The molecule has 0 saturated carbocycles. The Bertz CT molecular complexity index is 555. The van der Waals surface area contributed by atoms with Crippen LogP contribution in [-0.2, 0) is 13.0 Å². The van der Waals surface area contributed by atoms with Gasteiger partial charge in [-0.2, -0.15) is 0 Å². The molecule has 0 amide bonds. The van der Waals surface area contributed by atoms with Gasteiger partial charge in [-0.1, -0.05) is 34.3 Å². The summed E-state index contributed by atoms with van der Waals surface area (Å²) < 4.78 is 4.60. The molecular weight excluding hydrogens is 266 g/mol. The molecule has 3 rings (SSSR count). The predicted molar refractivity (Wildman–Crippen MR) is 75.3 cm³/mol. The Labute approximate surface area is 116 Å². The predicted octanol–water partition coefficient (Wildman–Crippen LogP) is 3.53. The highest BCUT2D eigenvalue weighted by Gasteiger charge is 2.24. The van der Waals surface area contributed by atoms with Gasteiger partial charge in [-0.05, 0) is 31.4 Å². The largest absolute Gasteiger partial charge is 0.363 e. The Morgan fingerprint density at radius 3 is 3.06 bits per heavy atom. The van der Waals surface area contributed by atoms with Gasteiger partial charge in [0.1, 0.15) is 10.0 Å². The number of aromatic nitrogens is 2.